The molecule has 0 radical (unpaired) electrons. The Morgan fingerprint density at radius 3 is 1.69 bits per heavy atom. The van der Waals surface area contributed by atoms with E-state index in [9.17, 15) is 24.3 Å². The molecular formula is C25H19Cl2NO8. The van der Waals surface area contributed by atoms with Crippen LogP contribution < -0.4 is 10.1 Å². The second-order valence-electron chi connectivity index (χ2n) is 7.19. The number of nitrogens with one attached hydrogen (secondary N) is 1. The number of carboxylic acid groups (broad SMARTS) is 1. The highest BCUT2D eigenvalue weighted by molar-refractivity contribution is 6.31. The van der Waals surface area contributed by atoms with Crippen LogP contribution in [0.5, 0.6) is 5.75 Å². The Kier molecular flexibility index (Phi) is 8.88. The van der Waals surface area contributed by atoms with Crippen molar-refractivity contribution in [2.45, 2.75) is 12.2 Å². The molecule has 0 aliphatic rings. The van der Waals surface area contributed by atoms with Crippen LogP contribution in [0.2, 0.25) is 10.0 Å². The van der Waals surface area contributed by atoms with E-state index in [-0.39, 0.29) is 22.6 Å². The summed E-state index contributed by atoms with van der Waals surface area (Å²) in [7, 11) is 1.37. The quantitative estimate of drug-likeness (QED) is 0.387. The van der Waals surface area contributed by atoms with Gasteiger partial charge >= 0.3 is 17.9 Å². The average Bonchev–Trinajstić information content (AvgIpc) is 2.86. The van der Waals surface area contributed by atoms with Gasteiger partial charge in [-0.2, -0.15) is 0 Å². The fourth-order valence-electron chi connectivity index (χ4n) is 2.98. The van der Waals surface area contributed by atoms with E-state index < -0.39 is 36.0 Å². The zero-order valence-electron chi connectivity index (χ0n) is 18.6. The first-order valence-electron chi connectivity index (χ1n) is 10.3. The van der Waals surface area contributed by atoms with Crippen LogP contribution in [0, 0.1) is 0 Å². The number of amides is 1. The Labute approximate surface area is 215 Å². The van der Waals surface area contributed by atoms with Gasteiger partial charge in [0.2, 0.25) is 12.2 Å². The third-order valence-electron chi connectivity index (χ3n) is 4.77. The molecule has 0 spiro atoms. The Morgan fingerprint density at radius 2 is 1.22 bits per heavy atom. The third-order valence-corrected chi connectivity index (χ3v) is 5.27. The molecule has 0 saturated carbocycles. The topological polar surface area (TPSA) is 128 Å². The van der Waals surface area contributed by atoms with E-state index >= 15 is 0 Å². The van der Waals surface area contributed by atoms with E-state index in [2.05, 4.69) is 5.32 Å². The number of carbonyl (C=O) groups is 4. The van der Waals surface area contributed by atoms with E-state index in [0.29, 0.717) is 10.0 Å². The summed E-state index contributed by atoms with van der Waals surface area (Å²) in [4.78, 5) is 50.6. The number of rotatable bonds is 9. The van der Waals surface area contributed by atoms with Gasteiger partial charge in [0.25, 0.3) is 5.91 Å². The number of aliphatic carboxylic acids is 1. The summed E-state index contributed by atoms with van der Waals surface area (Å²) in [6.45, 7) is 0. The highest BCUT2D eigenvalue weighted by Gasteiger charge is 2.41. The van der Waals surface area contributed by atoms with Crippen molar-refractivity contribution in [1.82, 2.24) is 0 Å². The number of anilines is 1. The number of ether oxygens (including phenoxy) is 3. The molecule has 2 atom stereocenters. The maximum Gasteiger partial charge on any atom is 0.349 e. The normalized spacial score (nSPS) is 12.1. The summed E-state index contributed by atoms with van der Waals surface area (Å²) >= 11 is 11.7. The van der Waals surface area contributed by atoms with E-state index in [1.165, 1.54) is 61.7 Å². The van der Waals surface area contributed by atoms with Crippen molar-refractivity contribution in [3.63, 3.8) is 0 Å². The van der Waals surface area contributed by atoms with Gasteiger partial charge in [0.05, 0.1) is 23.9 Å². The molecule has 186 valence electrons. The first-order valence-corrected chi connectivity index (χ1v) is 11.0. The molecule has 9 nitrogen and oxygen atoms in total. The zero-order chi connectivity index (χ0) is 26.2. The Balaban J connectivity index is 1.93. The van der Waals surface area contributed by atoms with Gasteiger partial charge in [-0.1, -0.05) is 35.3 Å². The molecule has 0 aromatic heterocycles. The van der Waals surface area contributed by atoms with Crippen LogP contribution in [-0.4, -0.2) is 48.2 Å². The molecule has 0 unspecified atom stereocenters. The standard InChI is InChI=1S/C25H19Cl2NO8/c1-34-19-5-3-2-4-18(19)28-22(29)20(35-24(32)14-6-10-16(26)11-7-14)21(23(30)31)36-25(33)15-8-12-17(27)13-9-15/h2-13,20-21H,1H3,(H,28,29)(H,30,31)/t20-,21+/m0/s1. The number of hydrogen-bond donors (Lipinski definition) is 2. The van der Waals surface area contributed by atoms with Gasteiger partial charge in [0, 0.05) is 10.0 Å². The Bertz CT molecular complexity index is 1260. The molecule has 0 fully saturated rings. The molecular weight excluding hydrogens is 513 g/mol. The second-order valence-corrected chi connectivity index (χ2v) is 8.07. The Morgan fingerprint density at radius 1 is 0.750 bits per heavy atom. The minimum atomic E-state index is -2.20. The van der Waals surface area contributed by atoms with Gasteiger partial charge in [0.15, 0.2) is 0 Å². The van der Waals surface area contributed by atoms with Crippen LogP contribution in [0.4, 0.5) is 5.69 Å². The second kappa shape index (κ2) is 12.1. The van der Waals surface area contributed by atoms with Crippen molar-refractivity contribution in [2.75, 3.05) is 12.4 Å². The maximum atomic E-state index is 13.2. The lowest BCUT2D eigenvalue weighted by atomic mass is 10.1. The summed E-state index contributed by atoms with van der Waals surface area (Å²) in [5, 5.41) is 12.9. The lowest BCUT2D eigenvalue weighted by molar-refractivity contribution is -0.157. The van der Waals surface area contributed by atoms with Crippen molar-refractivity contribution < 1.29 is 38.5 Å². The van der Waals surface area contributed by atoms with Crippen LogP contribution in [0.1, 0.15) is 20.7 Å². The monoisotopic (exact) mass is 531 g/mol. The number of methoxy groups -OCH3 is 1. The molecule has 0 heterocycles. The van der Waals surface area contributed by atoms with Crippen molar-refractivity contribution in [3.05, 3.63) is 94.0 Å². The summed E-state index contributed by atoms with van der Waals surface area (Å²) < 4.78 is 15.5. The number of carbonyl (C=O) groups excluding carboxylic acids is 3. The van der Waals surface area contributed by atoms with Crippen molar-refractivity contribution in [1.29, 1.82) is 0 Å². The minimum Gasteiger partial charge on any atom is -0.495 e. The van der Waals surface area contributed by atoms with Gasteiger partial charge < -0.3 is 24.6 Å². The van der Waals surface area contributed by atoms with E-state index in [4.69, 9.17) is 37.4 Å². The fourth-order valence-corrected chi connectivity index (χ4v) is 3.24. The number of carboxylic acids is 1. The Hall–Kier alpha value is -4.08. The molecule has 36 heavy (non-hydrogen) atoms. The van der Waals surface area contributed by atoms with Crippen LogP contribution in [0.25, 0.3) is 0 Å². The van der Waals surface area contributed by atoms with Gasteiger partial charge in [-0.25, -0.2) is 14.4 Å². The van der Waals surface area contributed by atoms with Crippen molar-refractivity contribution in [2.24, 2.45) is 0 Å². The highest BCUT2D eigenvalue weighted by atomic mass is 35.5. The fraction of sp³-hybridized carbons (Fsp3) is 0.120. The molecule has 3 rings (SSSR count). The number of benzene rings is 3. The van der Waals surface area contributed by atoms with Crippen LogP contribution in [-0.2, 0) is 19.1 Å². The molecule has 3 aromatic rings. The molecule has 2 N–H and O–H groups in total. The number of para-hydroxylation sites is 2. The predicted octanol–water partition coefficient (Wildman–Crippen LogP) is 4.48. The zero-order valence-corrected chi connectivity index (χ0v) is 20.2. The van der Waals surface area contributed by atoms with E-state index in [1.807, 2.05) is 0 Å². The first-order chi connectivity index (χ1) is 17.2. The molecule has 0 bridgehead atoms. The van der Waals surface area contributed by atoms with Crippen LogP contribution in [0.3, 0.4) is 0 Å². The highest BCUT2D eigenvalue weighted by Crippen LogP contribution is 2.24. The molecule has 0 aliphatic heterocycles. The minimum absolute atomic E-state index is 0.0114. The lowest BCUT2D eigenvalue weighted by Gasteiger charge is -2.24. The number of halogens is 2. The van der Waals surface area contributed by atoms with Gasteiger partial charge in [-0.3, -0.25) is 4.79 Å². The van der Waals surface area contributed by atoms with Crippen LogP contribution >= 0.6 is 23.2 Å². The smallest absolute Gasteiger partial charge is 0.349 e. The van der Waals surface area contributed by atoms with E-state index in [1.54, 1.807) is 18.2 Å². The largest absolute Gasteiger partial charge is 0.495 e. The summed E-state index contributed by atoms with van der Waals surface area (Å²) in [5.41, 5.74) is 0.131. The summed E-state index contributed by atoms with van der Waals surface area (Å²) in [5.74, 6) is -4.64. The van der Waals surface area contributed by atoms with Gasteiger partial charge in [-0.05, 0) is 60.7 Å². The lowest BCUT2D eigenvalue weighted by Crippen LogP contribution is -2.48. The summed E-state index contributed by atoms with van der Waals surface area (Å²) in [6.07, 6.45) is -4.27. The molecule has 0 aliphatic carbocycles. The van der Waals surface area contributed by atoms with Crippen molar-refractivity contribution >= 4 is 52.7 Å². The van der Waals surface area contributed by atoms with Crippen molar-refractivity contribution in [3.8, 4) is 5.75 Å². The first kappa shape index (κ1) is 26.5. The SMILES string of the molecule is COc1ccccc1NC(=O)[C@@H](OC(=O)c1ccc(Cl)cc1)[C@@H](OC(=O)c1ccc(Cl)cc1)C(=O)O. The summed E-state index contributed by atoms with van der Waals surface area (Å²) in [6, 6.07) is 17.2. The molecule has 0 saturated heterocycles. The molecule has 1 amide bonds. The molecule has 11 heteroatoms. The number of hydrogen-bond acceptors (Lipinski definition) is 7. The van der Waals surface area contributed by atoms with Gasteiger partial charge in [-0.15, -0.1) is 0 Å². The van der Waals surface area contributed by atoms with Crippen LogP contribution in [0.15, 0.2) is 72.8 Å². The average molecular weight is 532 g/mol. The number of esters is 2. The third kappa shape index (κ3) is 6.74. The van der Waals surface area contributed by atoms with E-state index in [0.717, 1.165) is 0 Å². The molecule has 3 aromatic carbocycles. The predicted molar refractivity (Wildman–Crippen MR) is 131 cm³/mol. The van der Waals surface area contributed by atoms with Gasteiger partial charge in [0.1, 0.15) is 5.75 Å². The maximum absolute atomic E-state index is 13.2.